The van der Waals surface area contributed by atoms with Crippen molar-refractivity contribution in [1.29, 1.82) is 0 Å². The Morgan fingerprint density at radius 1 is 1.27 bits per heavy atom. The third kappa shape index (κ3) is 3.66. The van der Waals surface area contributed by atoms with Crippen LogP contribution >= 0.6 is 0 Å². The summed E-state index contributed by atoms with van der Waals surface area (Å²) in [4.78, 5) is 12.2. The molecule has 0 spiro atoms. The van der Waals surface area contributed by atoms with E-state index in [1.165, 1.54) is 5.57 Å². The van der Waals surface area contributed by atoms with E-state index in [0.717, 1.165) is 29.9 Å². The molecule has 1 aliphatic carbocycles. The summed E-state index contributed by atoms with van der Waals surface area (Å²) in [5.74, 6) is 2.36. The van der Waals surface area contributed by atoms with Crippen LogP contribution in [0.5, 0.6) is 11.5 Å². The molecule has 0 saturated carbocycles. The van der Waals surface area contributed by atoms with E-state index in [2.05, 4.69) is 45.2 Å². The molecule has 164 valence electrons. The van der Waals surface area contributed by atoms with Crippen LogP contribution in [0.1, 0.15) is 52.2 Å². The lowest BCUT2D eigenvalue weighted by Gasteiger charge is -2.55. The van der Waals surface area contributed by atoms with Gasteiger partial charge in [0.15, 0.2) is 11.5 Å². The molecule has 1 N–H and O–H groups in total. The third-order valence-electron chi connectivity index (χ3n) is 7.25. The highest BCUT2D eigenvalue weighted by atomic mass is 16.7. The standard InChI is InChI=1S/C24H33NO5/c1-5-6-9-25-23(26)28-13-24-12-27-22(21(17(24)4)15(2)10-16(24)3)18-7-8-19-20(11-18)30-14-29-19/h7-8,10-11,16-17,21-22H,5-6,9,12-14H2,1-4H3,(H,25,26)/t16-,17+,21+,22-,24+/m1/s1. The van der Waals surface area contributed by atoms with E-state index < -0.39 is 0 Å². The van der Waals surface area contributed by atoms with Crippen molar-refractivity contribution in [1.82, 2.24) is 5.32 Å². The van der Waals surface area contributed by atoms with Gasteiger partial charge in [0.2, 0.25) is 6.79 Å². The summed E-state index contributed by atoms with van der Waals surface area (Å²) in [5, 5.41) is 2.85. The van der Waals surface area contributed by atoms with E-state index in [1.807, 2.05) is 12.1 Å². The molecule has 30 heavy (non-hydrogen) atoms. The first-order chi connectivity index (χ1) is 14.5. The molecule has 1 aromatic rings. The molecule has 1 fully saturated rings. The number of carbonyl (C=O) groups is 1. The summed E-state index contributed by atoms with van der Waals surface area (Å²) in [6.45, 7) is 10.6. The molecule has 5 atom stereocenters. The molecule has 0 radical (unpaired) electrons. The van der Waals surface area contributed by atoms with Gasteiger partial charge in [-0.1, -0.05) is 44.9 Å². The highest BCUT2D eigenvalue weighted by molar-refractivity contribution is 5.67. The molecule has 1 saturated heterocycles. The van der Waals surface area contributed by atoms with E-state index in [1.54, 1.807) is 0 Å². The van der Waals surface area contributed by atoms with Crippen molar-refractivity contribution < 1.29 is 23.7 Å². The van der Waals surface area contributed by atoms with Crippen LogP contribution in [0.4, 0.5) is 4.79 Å². The van der Waals surface area contributed by atoms with Gasteiger partial charge >= 0.3 is 6.09 Å². The van der Waals surface area contributed by atoms with E-state index in [-0.39, 0.29) is 36.2 Å². The second kappa shape index (κ2) is 8.50. The summed E-state index contributed by atoms with van der Waals surface area (Å²) in [6, 6.07) is 6.07. The number of alkyl carbamates (subject to hydrolysis) is 1. The molecule has 6 heteroatoms. The molecule has 0 unspecified atom stereocenters. The van der Waals surface area contributed by atoms with Gasteiger partial charge < -0.3 is 24.3 Å². The van der Waals surface area contributed by atoms with Gasteiger partial charge in [-0.25, -0.2) is 4.79 Å². The number of fused-ring (bicyclic) bond motifs is 3. The summed E-state index contributed by atoms with van der Waals surface area (Å²) >= 11 is 0. The predicted octanol–water partition coefficient (Wildman–Crippen LogP) is 4.85. The minimum absolute atomic E-state index is 0.0512. The fraction of sp³-hybridized carbons (Fsp3) is 0.625. The van der Waals surface area contributed by atoms with Gasteiger partial charge in [0.25, 0.3) is 0 Å². The molecular weight excluding hydrogens is 382 g/mol. The largest absolute Gasteiger partial charge is 0.454 e. The van der Waals surface area contributed by atoms with Crippen molar-refractivity contribution >= 4 is 6.09 Å². The quantitative estimate of drug-likeness (QED) is 0.532. The third-order valence-corrected chi connectivity index (χ3v) is 7.25. The lowest BCUT2D eigenvalue weighted by atomic mass is 9.56. The second-order valence-electron chi connectivity index (χ2n) is 8.95. The Kier molecular flexibility index (Phi) is 5.96. The van der Waals surface area contributed by atoms with Gasteiger partial charge in [0.05, 0.1) is 12.7 Å². The number of nitrogens with one attached hydrogen (secondary N) is 1. The van der Waals surface area contributed by atoms with E-state index in [4.69, 9.17) is 18.9 Å². The number of amides is 1. The van der Waals surface area contributed by atoms with Gasteiger partial charge in [-0.15, -0.1) is 0 Å². The Morgan fingerprint density at radius 2 is 2.07 bits per heavy atom. The van der Waals surface area contributed by atoms with Gasteiger partial charge in [0, 0.05) is 17.9 Å². The average Bonchev–Trinajstić information content (AvgIpc) is 3.19. The summed E-state index contributed by atoms with van der Waals surface area (Å²) < 4.78 is 23.2. The number of benzene rings is 1. The maximum Gasteiger partial charge on any atom is 0.407 e. The molecule has 2 bridgehead atoms. The maximum atomic E-state index is 12.2. The molecule has 1 aromatic carbocycles. The Morgan fingerprint density at radius 3 is 2.87 bits per heavy atom. The van der Waals surface area contributed by atoms with E-state index >= 15 is 0 Å². The normalized spacial score (nSPS) is 31.8. The number of allylic oxidation sites excluding steroid dienone is 1. The van der Waals surface area contributed by atoms with Crippen LogP contribution < -0.4 is 14.8 Å². The van der Waals surface area contributed by atoms with Crippen molar-refractivity contribution in [2.75, 3.05) is 26.6 Å². The van der Waals surface area contributed by atoms with Crippen LogP contribution in [-0.4, -0.2) is 32.6 Å². The number of unbranched alkanes of at least 4 members (excludes halogenated alkanes) is 1. The Bertz CT molecular complexity index is 822. The van der Waals surface area contributed by atoms with Crippen molar-refractivity contribution in [3.05, 3.63) is 35.4 Å². The minimum atomic E-state index is -0.335. The number of rotatable bonds is 6. The molecule has 1 amide bonds. The summed E-state index contributed by atoms with van der Waals surface area (Å²) in [6.07, 6.45) is 3.95. The zero-order valence-electron chi connectivity index (χ0n) is 18.4. The van der Waals surface area contributed by atoms with Gasteiger partial charge in [0.1, 0.15) is 6.61 Å². The van der Waals surface area contributed by atoms with E-state index in [0.29, 0.717) is 25.7 Å². The topological polar surface area (TPSA) is 66.0 Å². The fourth-order valence-corrected chi connectivity index (χ4v) is 5.27. The van der Waals surface area contributed by atoms with Crippen LogP contribution in [0.15, 0.2) is 29.8 Å². The number of ether oxygens (including phenoxy) is 4. The Hall–Kier alpha value is -2.21. The smallest absolute Gasteiger partial charge is 0.407 e. The highest BCUT2D eigenvalue weighted by Gasteiger charge is 2.54. The lowest BCUT2D eigenvalue weighted by molar-refractivity contribution is -0.165. The van der Waals surface area contributed by atoms with Gasteiger partial charge in [-0.3, -0.25) is 0 Å². The maximum absolute atomic E-state index is 12.2. The van der Waals surface area contributed by atoms with E-state index in [9.17, 15) is 4.79 Å². The molecular formula is C24H33NO5. The summed E-state index contributed by atoms with van der Waals surface area (Å²) in [7, 11) is 0. The monoisotopic (exact) mass is 415 g/mol. The molecule has 0 aromatic heterocycles. The zero-order valence-corrected chi connectivity index (χ0v) is 18.4. The minimum Gasteiger partial charge on any atom is -0.454 e. The highest BCUT2D eigenvalue weighted by Crippen LogP contribution is 2.56. The molecule has 6 nitrogen and oxygen atoms in total. The lowest BCUT2D eigenvalue weighted by Crippen LogP contribution is -2.54. The number of hydrogen-bond acceptors (Lipinski definition) is 5. The number of carbonyl (C=O) groups excluding carboxylic acids is 1. The van der Waals surface area contributed by atoms with Crippen LogP contribution in [0.2, 0.25) is 0 Å². The van der Waals surface area contributed by atoms with Crippen molar-refractivity contribution in [2.45, 2.75) is 46.6 Å². The Labute approximate surface area is 178 Å². The average molecular weight is 416 g/mol. The van der Waals surface area contributed by atoms with Crippen LogP contribution in [-0.2, 0) is 9.47 Å². The zero-order chi connectivity index (χ0) is 21.3. The van der Waals surface area contributed by atoms with Crippen molar-refractivity contribution in [3.63, 3.8) is 0 Å². The van der Waals surface area contributed by atoms with Crippen LogP contribution in [0.25, 0.3) is 0 Å². The predicted molar refractivity (Wildman–Crippen MR) is 114 cm³/mol. The Balaban J connectivity index is 1.52. The summed E-state index contributed by atoms with van der Waals surface area (Å²) in [5.41, 5.74) is 2.21. The van der Waals surface area contributed by atoms with Crippen molar-refractivity contribution in [3.8, 4) is 11.5 Å². The molecule has 4 rings (SSSR count). The second-order valence-corrected chi connectivity index (χ2v) is 8.95. The first-order valence-corrected chi connectivity index (χ1v) is 11.1. The first-order valence-electron chi connectivity index (χ1n) is 11.1. The SMILES string of the molecule is CCCCNC(=O)OC[C@@]12CO[C@H](c3ccc4c(c3)OCO4)[C@@H](C(C)=C[C@H]1C)[C@@H]2C. The first kappa shape index (κ1) is 21.0. The van der Waals surface area contributed by atoms with Crippen LogP contribution in [0, 0.1) is 23.2 Å². The molecule has 2 heterocycles. The number of hydrogen-bond donors (Lipinski definition) is 1. The van der Waals surface area contributed by atoms with Crippen molar-refractivity contribution in [2.24, 2.45) is 23.2 Å². The molecule has 2 aliphatic heterocycles. The fourth-order valence-electron chi connectivity index (χ4n) is 5.27. The van der Waals surface area contributed by atoms with Crippen LogP contribution in [0.3, 0.4) is 0 Å². The molecule has 3 aliphatic rings. The van der Waals surface area contributed by atoms with Gasteiger partial charge in [-0.2, -0.15) is 0 Å². The van der Waals surface area contributed by atoms with Gasteiger partial charge in [-0.05, 0) is 42.9 Å².